The largest absolute Gasteiger partial charge is 0.494 e. The summed E-state index contributed by atoms with van der Waals surface area (Å²) >= 11 is 0. The summed E-state index contributed by atoms with van der Waals surface area (Å²) in [5.74, 6) is 0.340. The van der Waals surface area contributed by atoms with E-state index in [0.717, 1.165) is 0 Å². The molecule has 0 N–H and O–H groups in total. The highest BCUT2D eigenvalue weighted by Crippen LogP contribution is 2.13. The van der Waals surface area contributed by atoms with Gasteiger partial charge < -0.3 is 9.47 Å². The van der Waals surface area contributed by atoms with Gasteiger partial charge in [-0.25, -0.2) is 4.79 Å². The van der Waals surface area contributed by atoms with Gasteiger partial charge in [0.2, 0.25) is 0 Å². The highest BCUT2D eigenvalue weighted by atomic mass is 16.5. The van der Waals surface area contributed by atoms with Crippen LogP contribution in [-0.4, -0.2) is 19.7 Å². The van der Waals surface area contributed by atoms with Crippen LogP contribution in [0, 0.1) is 0 Å². The lowest BCUT2D eigenvalue weighted by atomic mass is 10.2. The highest BCUT2D eigenvalue weighted by Gasteiger charge is 2.05. The molecule has 1 aromatic rings. The number of methoxy groups -OCH3 is 1. The fourth-order valence-corrected chi connectivity index (χ4v) is 0.997. The predicted molar refractivity (Wildman–Crippen MR) is 60.3 cm³/mol. The zero-order valence-corrected chi connectivity index (χ0v) is 9.74. The third-order valence-corrected chi connectivity index (χ3v) is 1.57. The molecule has 0 aliphatic heterocycles. The zero-order chi connectivity index (χ0) is 11.7. The first-order chi connectivity index (χ1) is 7.27. The van der Waals surface area contributed by atoms with Gasteiger partial charge in [-0.1, -0.05) is 19.9 Å². The summed E-state index contributed by atoms with van der Waals surface area (Å²) in [5.41, 5.74) is 0.508. The first-order valence-electron chi connectivity index (χ1n) is 5.09. The smallest absolute Gasteiger partial charge is 0.337 e. The van der Waals surface area contributed by atoms with Crippen LogP contribution >= 0.6 is 0 Å². The van der Waals surface area contributed by atoms with E-state index in [-0.39, 0.29) is 5.97 Å². The average Bonchev–Trinajstić information content (AvgIpc) is 2.31. The molecule has 0 saturated carbocycles. The fourth-order valence-electron chi connectivity index (χ4n) is 0.997. The second-order valence-corrected chi connectivity index (χ2v) is 2.45. The van der Waals surface area contributed by atoms with E-state index in [1.807, 2.05) is 20.8 Å². The van der Waals surface area contributed by atoms with E-state index in [9.17, 15) is 4.79 Å². The number of carbonyl (C=O) groups is 1. The Morgan fingerprint density at radius 3 is 2.53 bits per heavy atom. The lowest BCUT2D eigenvalue weighted by molar-refractivity contribution is 0.0600. The molecule has 1 rings (SSSR count). The van der Waals surface area contributed by atoms with Crippen molar-refractivity contribution in [2.24, 2.45) is 0 Å². The standard InChI is InChI=1S/C10H12O3.C2H6/c1-3-13-9-6-4-5-8(7-9)10(11)12-2;1-2/h4-7H,3H2,1-2H3;1-2H3. The van der Waals surface area contributed by atoms with Crippen molar-refractivity contribution in [2.75, 3.05) is 13.7 Å². The van der Waals surface area contributed by atoms with Gasteiger partial charge in [0.15, 0.2) is 0 Å². The van der Waals surface area contributed by atoms with Gasteiger partial charge in [-0.15, -0.1) is 0 Å². The van der Waals surface area contributed by atoms with Gasteiger partial charge in [0.05, 0.1) is 19.3 Å². The second-order valence-electron chi connectivity index (χ2n) is 2.45. The highest BCUT2D eigenvalue weighted by molar-refractivity contribution is 5.89. The minimum absolute atomic E-state index is 0.346. The van der Waals surface area contributed by atoms with Crippen LogP contribution in [0.1, 0.15) is 31.1 Å². The molecule has 0 aromatic heterocycles. The van der Waals surface area contributed by atoms with E-state index in [2.05, 4.69) is 4.74 Å². The molecule has 3 nitrogen and oxygen atoms in total. The Labute approximate surface area is 91.0 Å². The SMILES string of the molecule is CC.CCOc1cccc(C(=O)OC)c1. The molecule has 0 amide bonds. The molecule has 0 saturated heterocycles. The molecular formula is C12H18O3. The van der Waals surface area contributed by atoms with E-state index in [1.165, 1.54) is 7.11 Å². The van der Waals surface area contributed by atoms with E-state index in [0.29, 0.717) is 17.9 Å². The van der Waals surface area contributed by atoms with Gasteiger partial charge in [0.1, 0.15) is 5.75 Å². The van der Waals surface area contributed by atoms with Crippen LogP contribution in [0.25, 0.3) is 0 Å². The molecule has 0 atom stereocenters. The first-order valence-corrected chi connectivity index (χ1v) is 5.09. The molecule has 3 heteroatoms. The molecule has 0 spiro atoms. The molecule has 0 heterocycles. The molecule has 0 fully saturated rings. The molecule has 0 radical (unpaired) electrons. The van der Waals surface area contributed by atoms with Crippen LogP contribution < -0.4 is 4.74 Å². The van der Waals surface area contributed by atoms with Crippen LogP contribution in [-0.2, 0) is 4.74 Å². The molecule has 84 valence electrons. The van der Waals surface area contributed by atoms with Crippen molar-refractivity contribution < 1.29 is 14.3 Å². The van der Waals surface area contributed by atoms with Crippen LogP contribution in [0.4, 0.5) is 0 Å². The molecule has 0 aliphatic rings. The van der Waals surface area contributed by atoms with Crippen molar-refractivity contribution in [3.8, 4) is 5.75 Å². The molecule has 0 bridgehead atoms. The van der Waals surface area contributed by atoms with Crippen LogP contribution in [0.15, 0.2) is 24.3 Å². The Kier molecular flexibility index (Phi) is 7.06. The van der Waals surface area contributed by atoms with Crippen LogP contribution in [0.5, 0.6) is 5.75 Å². The number of esters is 1. The Hall–Kier alpha value is -1.51. The monoisotopic (exact) mass is 210 g/mol. The van der Waals surface area contributed by atoms with Crippen molar-refractivity contribution in [1.29, 1.82) is 0 Å². The number of benzene rings is 1. The van der Waals surface area contributed by atoms with Crippen LogP contribution in [0.3, 0.4) is 0 Å². The van der Waals surface area contributed by atoms with E-state index >= 15 is 0 Å². The number of hydrogen-bond donors (Lipinski definition) is 0. The quantitative estimate of drug-likeness (QED) is 0.719. The van der Waals surface area contributed by atoms with Crippen molar-refractivity contribution >= 4 is 5.97 Å². The van der Waals surface area contributed by atoms with Crippen molar-refractivity contribution in [3.05, 3.63) is 29.8 Å². The van der Waals surface area contributed by atoms with Gasteiger partial charge in [-0.05, 0) is 25.1 Å². The lowest BCUT2D eigenvalue weighted by Gasteiger charge is -2.04. The number of carbonyl (C=O) groups excluding carboxylic acids is 1. The van der Waals surface area contributed by atoms with E-state index in [1.54, 1.807) is 24.3 Å². The number of hydrogen-bond acceptors (Lipinski definition) is 3. The number of ether oxygens (including phenoxy) is 2. The normalized spacial score (nSPS) is 8.53. The average molecular weight is 210 g/mol. The summed E-state index contributed by atoms with van der Waals surface area (Å²) in [6, 6.07) is 6.91. The Balaban J connectivity index is 0.000000921. The molecule has 0 aliphatic carbocycles. The molecule has 1 aromatic carbocycles. The Morgan fingerprint density at radius 2 is 2.00 bits per heavy atom. The predicted octanol–water partition coefficient (Wildman–Crippen LogP) is 2.90. The van der Waals surface area contributed by atoms with Crippen LogP contribution in [0.2, 0.25) is 0 Å². The summed E-state index contributed by atoms with van der Waals surface area (Å²) < 4.78 is 9.81. The Morgan fingerprint density at radius 1 is 1.33 bits per heavy atom. The van der Waals surface area contributed by atoms with Gasteiger partial charge in [0, 0.05) is 0 Å². The van der Waals surface area contributed by atoms with Gasteiger partial charge in [-0.2, -0.15) is 0 Å². The first kappa shape index (κ1) is 13.5. The van der Waals surface area contributed by atoms with E-state index < -0.39 is 0 Å². The summed E-state index contributed by atoms with van der Waals surface area (Å²) in [6.07, 6.45) is 0. The third-order valence-electron chi connectivity index (χ3n) is 1.57. The lowest BCUT2D eigenvalue weighted by Crippen LogP contribution is -2.01. The topological polar surface area (TPSA) is 35.5 Å². The maximum absolute atomic E-state index is 11.1. The second kappa shape index (κ2) is 7.85. The van der Waals surface area contributed by atoms with Gasteiger partial charge >= 0.3 is 5.97 Å². The third kappa shape index (κ3) is 4.49. The minimum Gasteiger partial charge on any atom is -0.494 e. The maximum Gasteiger partial charge on any atom is 0.337 e. The number of rotatable bonds is 3. The van der Waals surface area contributed by atoms with Gasteiger partial charge in [-0.3, -0.25) is 0 Å². The van der Waals surface area contributed by atoms with Gasteiger partial charge in [0.25, 0.3) is 0 Å². The van der Waals surface area contributed by atoms with E-state index in [4.69, 9.17) is 4.74 Å². The molecule has 15 heavy (non-hydrogen) atoms. The summed E-state index contributed by atoms with van der Waals surface area (Å²) in [4.78, 5) is 11.1. The molecule has 0 unspecified atom stereocenters. The zero-order valence-electron chi connectivity index (χ0n) is 9.74. The summed E-state index contributed by atoms with van der Waals surface area (Å²) in [5, 5.41) is 0. The maximum atomic E-state index is 11.1. The summed E-state index contributed by atoms with van der Waals surface area (Å²) in [6.45, 7) is 6.48. The summed E-state index contributed by atoms with van der Waals surface area (Å²) in [7, 11) is 1.36. The molecular weight excluding hydrogens is 192 g/mol. The Bertz CT molecular complexity index is 295. The van der Waals surface area contributed by atoms with Crippen molar-refractivity contribution in [3.63, 3.8) is 0 Å². The van der Waals surface area contributed by atoms with Crippen molar-refractivity contribution in [2.45, 2.75) is 20.8 Å². The fraction of sp³-hybridized carbons (Fsp3) is 0.417. The van der Waals surface area contributed by atoms with Crippen molar-refractivity contribution in [1.82, 2.24) is 0 Å². The minimum atomic E-state index is -0.346.